The van der Waals surface area contributed by atoms with E-state index in [0.717, 1.165) is 5.56 Å². The number of esters is 2. The van der Waals surface area contributed by atoms with Crippen molar-refractivity contribution in [1.29, 1.82) is 0 Å². The number of rotatable bonds is 8. The van der Waals surface area contributed by atoms with E-state index in [1.54, 1.807) is 20.8 Å². The first-order valence-electron chi connectivity index (χ1n) is 8.79. The molecule has 1 heterocycles. The second kappa shape index (κ2) is 9.08. The number of carbonyl (C=O) groups excluding carboxylic acids is 2. The van der Waals surface area contributed by atoms with Crippen molar-refractivity contribution in [2.24, 2.45) is 0 Å². The van der Waals surface area contributed by atoms with Crippen LogP contribution in [0.3, 0.4) is 0 Å². The van der Waals surface area contributed by atoms with Gasteiger partial charge >= 0.3 is 11.9 Å². The Hall–Kier alpha value is -2.76. The zero-order chi connectivity index (χ0) is 19.1. The first-order valence-corrected chi connectivity index (χ1v) is 8.79. The summed E-state index contributed by atoms with van der Waals surface area (Å²) in [6, 6.07) is 9.76. The molecular formula is C20H25NO5. The molecule has 140 valence electrons. The Morgan fingerprint density at radius 1 is 0.885 bits per heavy atom. The molecule has 26 heavy (non-hydrogen) atoms. The van der Waals surface area contributed by atoms with Crippen molar-refractivity contribution in [2.45, 2.75) is 34.2 Å². The number of carbonyl (C=O) groups is 2. The normalized spacial score (nSPS) is 10.5. The quantitative estimate of drug-likeness (QED) is 0.674. The third kappa shape index (κ3) is 4.07. The van der Waals surface area contributed by atoms with Crippen LogP contribution in [0.4, 0.5) is 0 Å². The average Bonchev–Trinajstić information content (AvgIpc) is 2.89. The molecule has 0 aliphatic carbocycles. The molecule has 6 nitrogen and oxygen atoms in total. The Morgan fingerprint density at radius 3 is 2.00 bits per heavy atom. The molecule has 0 spiro atoms. The van der Waals surface area contributed by atoms with Crippen LogP contribution >= 0.6 is 0 Å². The monoisotopic (exact) mass is 359 g/mol. The van der Waals surface area contributed by atoms with E-state index < -0.39 is 11.9 Å². The molecule has 0 N–H and O–H groups in total. The summed E-state index contributed by atoms with van der Waals surface area (Å²) in [7, 11) is 0. The molecular weight excluding hydrogens is 334 g/mol. The van der Waals surface area contributed by atoms with Gasteiger partial charge < -0.3 is 18.8 Å². The highest BCUT2D eigenvalue weighted by Gasteiger charge is 2.32. The van der Waals surface area contributed by atoms with Crippen molar-refractivity contribution in [3.05, 3.63) is 52.7 Å². The van der Waals surface area contributed by atoms with Crippen LogP contribution in [0, 0.1) is 6.92 Å². The number of benzene rings is 1. The minimum absolute atomic E-state index is 0.126. The van der Waals surface area contributed by atoms with Crippen molar-refractivity contribution in [3.63, 3.8) is 0 Å². The van der Waals surface area contributed by atoms with E-state index in [9.17, 15) is 9.59 Å². The third-order valence-corrected chi connectivity index (χ3v) is 3.90. The van der Waals surface area contributed by atoms with Gasteiger partial charge in [-0.15, -0.1) is 0 Å². The average molecular weight is 359 g/mol. The van der Waals surface area contributed by atoms with Gasteiger partial charge in [0.15, 0.2) is 0 Å². The summed E-state index contributed by atoms with van der Waals surface area (Å²) in [4.78, 5) is 25.1. The highest BCUT2D eigenvalue weighted by atomic mass is 16.5. The lowest BCUT2D eigenvalue weighted by Gasteiger charge is -2.13. The van der Waals surface area contributed by atoms with Crippen molar-refractivity contribution in [2.75, 3.05) is 19.8 Å². The first kappa shape index (κ1) is 19.6. The molecule has 0 bridgehead atoms. The smallest absolute Gasteiger partial charge is 0.344 e. The van der Waals surface area contributed by atoms with Gasteiger partial charge in [-0.1, -0.05) is 30.3 Å². The van der Waals surface area contributed by atoms with E-state index >= 15 is 0 Å². The lowest BCUT2D eigenvalue weighted by Crippen LogP contribution is -2.14. The van der Waals surface area contributed by atoms with Gasteiger partial charge in [-0.05, 0) is 33.3 Å². The molecule has 2 aromatic rings. The van der Waals surface area contributed by atoms with Gasteiger partial charge in [-0.3, -0.25) is 0 Å². The Labute approximate surface area is 153 Å². The fourth-order valence-corrected chi connectivity index (χ4v) is 2.80. The lowest BCUT2D eigenvalue weighted by molar-refractivity contribution is 0.0476. The molecule has 0 saturated heterocycles. The predicted molar refractivity (Wildman–Crippen MR) is 97.8 cm³/mol. The fourth-order valence-electron chi connectivity index (χ4n) is 2.80. The van der Waals surface area contributed by atoms with Gasteiger partial charge in [-0.2, -0.15) is 0 Å². The summed E-state index contributed by atoms with van der Waals surface area (Å²) in [5.74, 6) is -0.815. The second-order valence-corrected chi connectivity index (χ2v) is 5.59. The number of hydrogen-bond acceptors (Lipinski definition) is 5. The summed E-state index contributed by atoms with van der Waals surface area (Å²) < 4.78 is 17.9. The van der Waals surface area contributed by atoms with E-state index in [1.165, 1.54) is 0 Å². The van der Waals surface area contributed by atoms with Crippen LogP contribution in [-0.4, -0.2) is 36.3 Å². The minimum Gasteiger partial charge on any atom is -0.478 e. The molecule has 1 aromatic carbocycles. The molecule has 6 heteroatoms. The maximum absolute atomic E-state index is 12.6. The number of aromatic nitrogens is 1. The maximum Gasteiger partial charge on any atom is 0.344 e. The van der Waals surface area contributed by atoms with Crippen LogP contribution in [0.15, 0.2) is 30.3 Å². The van der Waals surface area contributed by atoms with Gasteiger partial charge in [0, 0.05) is 5.69 Å². The largest absolute Gasteiger partial charge is 0.478 e. The van der Waals surface area contributed by atoms with Crippen LogP contribution in [0.1, 0.15) is 52.7 Å². The second-order valence-electron chi connectivity index (χ2n) is 5.59. The zero-order valence-corrected chi connectivity index (χ0v) is 15.7. The first-order chi connectivity index (χ1) is 12.5. The van der Waals surface area contributed by atoms with Crippen LogP contribution in [0.25, 0.3) is 0 Å². The molecule has 0 fully saturated rings. The molecule has 0 atom stereocenters. The number of hydrogen-bond donors (Lipinski definition) is 0. The fraction of sp³-hybridized carbons (Fsp3) is 0.400. The highest BCUT2D eigenvalue weighted by molar-refractivity contribution is 6.06. The van der Waals surface area contributed by atoms with Gasteiger partial charge in [0.1, 0.15) is 5.56 Å². The minimum atomic E-state index is -0.589. The van der Waals surface area contributed by atoms with Gasteiger partial charge in [0.05, 0.1) is 31.9 Å². The molecule has 0 aliphatic heterocycles. The van der Waals surface area contributed by atoms with E-state index in [1.807, 2.05) is 41.8 Å². The molecule has 2 rings (SSSR count). The third-order valence-electron chi connectivity index (χ3n) is 3.90. The summed E-state index contributed by atoms with van der Waals surface area (Å²) in [6.07, 6.45) is 0. The Balaban J connectivity index is 2.63. The molecule has 0 unspecified atom stereocenters. The molecule has 1 aromatic heterocycles. The maximum atomic E-state index is 12.6. The molecule has 0 aliphatic rings. The van der Waals surface area contributed by atoms with Crippen molar-refractivity contribution in [1.82, 2.24) is 4.57 Å². The molecule has 0 radical (unpaired) electrons. The van der Waals surface area contributed by atoms with Crippen molar-refractivity contribution >= 4 is 11.9 Å². The Morgan fingerprint density at radius 2 is 1.46 bits per heavy atom. The van der Waals surface area contributed by atoms with E-state index in [4.69, 9.17) is 14.2 Å². The summed E-state index contributed by atoms with van der Waals surface area (Å²) in [5.41, 5.74) is 1.96. The number of nitrogens with zero attached hydrogens (tertiary/aromatic N) is 1. The lowest BCUT2D eigenvalue weighted by atomic mass is 10.1. The van der Waals surface area contributed by atoms with Gasteiger partial charge in [0.2, 0.25) is 5.88 Å². The Bertz CT molecular complexity index is 764. The van der Waals surface area contributed by atoms with E-state index in [0.29, 0.717) is 24.7 Å². The van der Waals surface area contributed by atoms with Crippen molar-refractivity contribution in [3.8, 4) is 5.88 Å². The SMILES string of the molecule is CCOC(=O)c1c(C(=O)OCC)c(OCC)n(Cc2ccccc2)c1C. The summed E-state index contributed by atoms with van der Waals surface area (Å²) >= 11 is 0. The van der Waals surface area contributed by atoms with Crippen LogP contribution in [0.5, 0.6) is 5.88 Å². The standard InChI is InChI=1S/C20H25NO5/c1-5-24-18-17(20(23)26-7-3)16(19(22)25-6-2)14(4)21(18)13-15-11-9-8-10-12-15/h8-12H,5-7,13H2,1-4H3. The van der Waals surface area contributed by atoms with Crippen LogP contribution < -0.4 is 4.74 Å². The Kier molecular flexibility index (Phi) is 6.83. The molecule has 0 saturated carbocycles. The zero-order valence-electron chi connectivity index (χ0n) is 15.7. The highest BCUT2D eigenvalue weighted by Crippen LogP contribution is 2.32. The van der Waals surface area contributed by atoms with E-state index in [2.05, 4.69) is 0 Å². The summed E-state index contributed by atoms with van der Waals surface area (Å²) in [5, 5.41) is 0. The van der Waals surface area contributed by atoms with Crippen LogP contribution in [0.2, 0.25) is 0 Å². The van der Waals surface area contributed by atoms with E-state index in [-0.39, 0.29) is 24.3 Å². The summed E-state index contributed by atoms with van der Waals surface area (Å²) in [6.45, 7) is 8.29. The van der Waals surface area contributed by atoms with Crippen molar-refractivity contribution < 1.29 is 23.8 Å². The molecule has 0 amide bonds. The van der Waals surface area contributed by atoms with Gasteiger partial charge in [-0.25, -0.2) is 9.59 Å². The van der Waals surface area contributed by atoms with Gasteiger partial charge in [0.25, 0.3) is 0 Å². The topological polar surface area (TPSA) is 66.8 Å². The number of ether oxygens (including phenoxy) is 3. The predicted octanol–water partition coefficient (Wildman–Crippen LogP) is 3.60. The van der Waals surface area contributed by atoms with Crippen LogP contribution in [-0.2, 0) is 16.0 Å².